The van der Waals surface area contributed by atoms with Crippen molar-refractivity contribution >= 4 is 11.5 Å². The van der Waals surface area contributed by atoms with E-state index in [0.717, 1.165) is 37.7 Å². The number of fused-ring (bicyclic) bond motifs is 1. The van der Waals surface area contributed by atoms with E-state index >= 15 is 0 Å². The predicted molar refractivity (Wildman–Crippen MR) is 90.9 cm³/mol. The lowest BCUT2D eigenvalue weighted by molar-refractivity contribution is -0.137. The number of hydrogen-bond acceptors (Lipinski definition) is 5. The van der Waals surface area contributed by atoms with Gasteiger partial charge in [-0.05, 0) is 25.1 Å². The van der Waals surface area contributed by atoms with Gasteiger partial charge in [0.25, 0.3) is 0 Å². The number of piperazine rings is 1. The maximum Gasteiger partial charge on any atom is 0.417 e. The average Bonchev–Trinajstić information content (AvgIpc) is 3.05. The van der Waals surface area contributed by atoms with E-state index in [1.54, 1.807) is 6.20 Å². The lowest BCUT2D eigenvalue weighted by Gasteiger charge is -2.34. The zero-order valence-corrected chi connectivity index (χ0v) is 14.0. The van der Waals surface area contributed by atoms with Crippen molar-refractivity contribution < 1.29 is 13.2 Å². The fourth-order valence-corrected chi connectivity index (χ4v) is 3.13. The number of halogens is 3. The Morgan fingerprint density at radius 1 is 1.19 bits per heavy atom. The Morgan fingerprint density at radius 2 is 2.04 bits per heavy atom. The van der Waals surface area contributed by atoms with E-state index in [0.29, 0.717) is 17.2 Å². The molecule has 0 radical (unpaired) electrons. The van der Waals surface area contributed by atoms with Crippen molar-refractivity contribution in [3.63, 3.8) is 0 Å². The first kappa shape index (κ1) is 16.8. The summed E-state index contributed by atoms with van der Waals surface area (Å²) in [5, 5.41) is 3.32. The van der Waals surface area contributed by atoms with Crippen LogP contribution in [0.15, 0.2) is 36.8 Å². The van der Waals surface area contributed by atoms with E-state index in [1.807, 2.05) is 6.07 Å². The van der Waals surface area contributed by atoms with Crippen LogP contribution in [-0.4, -0.2) is 45.0 Å². The SMILES string of the molecule is CC1CNCCN1c1ccnc(-c2cnc3ccc(C(F)(F)F)cn23)n1. The van der Waals surface area contributed by atoms with Crippen molar-refractivity contribution in [1.82, 2.24) is 24.7 Å². The van der Waals surface area contributed by atoms with Crippen LogP contribution in [0.2, 0.25) is 0 Å². The molecule has 0 spiro atoms. The first-order valence-electron chi connectivity index (χ1n) is 8.28. The third-order valence-corrected chi connectivity index (χ3v) is 4.50. The van der Waals surface area contributed by atoms with Crippen LogP contribution in [0.5, 0.6) is 0 Å². The summed E-state index contributed by atoms with van der Waals surface area (Å²) >= 11 is 0. The van der Waals surface area contributed by atoms with Gasteiger partial charge in [0.1, 0.15) is 17.2 Å². The highest BCUT2D eigenvalue weighted by Crippen LogP contribution is 2.30. The number of anilines is 1. The molecule has 4 heterocycles. The number of rotatable bonds is 2. The summed E-state index contributed by atoms with van der Waals surface area (Å²) in [5.41, 5.74) is 0.101. The van der Waals surface area contributed by atoms with Crippen LogP contribution in [0.25, 0.3) is 17.2 Å². The maximum absolute atomic E-state index is 13.0. The van der Waals surface area contributed by atoms with Gasteiger partial charge < -0.3 is 10.2 Å². The van der Waals surface area contributed by atoms with Crippen LogP contribution >= 0.6 is 0 Å². The normalized spacial score (nSPS) is 18.5. The lowest BCUT2D eigenvalue weighted by atomic mass is 10.2. The minimum Gasteiger partial charge on any atom is -0.351 e. The van der Waals surface area contributed by atoms with Crippen LogP contribution in [0.1, 0.15) is 12.5 Å². The molecule has 0 bridgehead atoms. The number of alkyl halides is 3. The Balaban J connectivity index is 1.77. The van der Waals surface area contributed by atoms with Crippen LogP contribution in [0.3, 0.4) is 0 Å². The summed E-state index contributed by atoms with van der Waals surface area (Å²) in [6.07, 6.45) is -0.273. The molecule has 9 heteroatoms. The molecule has 0 aliphatic carbocycles. The minimum atomic E-state index is -4.42. The molecule has 0 aromatic carbocycles. The summed E-state index contributed by atoms with van der Waals surface area (Å²) in [5.74, 6) is 1.10. The van der Waals surface area contributed by atoms with Gasteiger partial charge in [-0.2, -0.15) is 13.2 Å². The molecule has 1 aliphatic rings. The Kier molecular flexibility index (Phi) is 4.03. The average molecular weight is 362 g/mol. The molecular weight excluding hydrogens is 345 g/mol. The Labute approximate surface area is 147 Å². The zero-order chi connectivity index (χ0) is 18.3. The van der Waals surface area contributed by atoms with Gasteiger partial charge in [-0.15, -0.1) is 0 Å². The first-order chi connectivity index (χ1) is 12.4. The summed E-state index contributed by atoms with van der Waals surface area (Å²) in [6.45, 7) is 4.61. The Bertz CT molecular complexity index is 936. The van der Waals surface area contributed by atoms with Crippen molar-refractivity contribution in [2.75, 3.05) is 24.5 Å². The molecule has 3 aromatic rings. The van der Waals surface area contributed by atoms with Crippen molar-refractivity contribution in [2.45, 2.75) is 19.1 Å². The van der Waals surface area contributed by atoms with Crippen molar-refractivity contribution in [1.29, 1.82) is 0 Å². The van der Waals surface area contributed by atoms with E-state index in [1.165, 1.54) is 16.7 Å². The lowest BCUT2D eigenvalue weighted by Crippen LogP contribution is -2.50. The molecule has 1 unspecified atom stereocenters. The Hall–Kier alpha value is -2.68. The highest BCUT2D eigenvalue weighted by atomic mass is 19.4. The highest BCUT2D eigenvalue weighted by molar-refractivity contribution is 5.59. The van der Waals surface area contributed by atoms with Crippen molar-refractivity contribution in [3.05, 3.63) is 42.4 Å². The van der Waals surface area contributed by atoms with Gasteiger partial charge in [0.2, 0.25) is 0 Å². The number of imidazole rings is 1. The van der Waals surface area contributed by atoms with E-state index in [2.05, 4.69) is 32.1 Å². The molecule has 26 heavy (non-hydrogen) atoms. The predicted octanol–water partition coefficient (Wildman–Crippen LogP) is 2.61. The van der Waals surface area contributed by atoms with Gasteiger partial charge in [-0.1, -0.05) is 0 Å². The van der Waals surface area contributed by atoms with Crippen molar-refractivity contribution in [2.24, 2.45) is 0 Å². The third kappa shape index (κ3) is 2.98. The highest BCUT2D eigenvalue weighted by Gasteiger charge is 2.31. The van der Waals surface area contributed by atoms with Gasteiger partial charge in [-0.3, -0.25) is 4.40 Å². The van der Waals surface area contributed by atoms with Crippen LogP contribution < -0.4 is 10.2 Å². The second-order valence-electron chi connectivity index (χ2n) is 6.27. The van der Waals surface area contributed by atoms with Gasteiger partial charge in [0.15, 0.2) is 5.82 Å². The molecule has 136 valence electrons. The van der Waals surface area contributed by atoms with Crippen LogP contribution in [0, 0.1) is 0 Å². The van der Waals surface area contributed by atoms with Crippen LogP contribution in [-0.2, 0) is 6.18 Å². The monoisotopic (exact) mass is 362 g/mol. The maximum atomic E-state index is 13.0. The number of pyridine rings is 1. The molecule has 1 saturated heterocycles. The second-order valence-corrected chi connectivity index (χ2v) is 6.27. The summed E-state index contributed by atoms with van der Waals surface area (Å²) in [7, 11) is 0. The fraction of sp³-hybridized carbons (Fsp3) is 0.353. The molecule has 0 saturated carbocycles. The largest absolute Gasteiger partial charge is 0.417 e. The standard InChI is InChI=1S/C17H17F3N6/c1-11-8-21-6-7-25(11)15-4-5-22-16(24-15)13-9-23-14-3-2-12(10-26(13)14)17(18,19)20/h2-5,9-11,21H,6-8H2,1H3. The zero-order valence-electron chi connectivity index (χ0n) is 14.0. The molecule has 3 aromatic heterocycles. The molecule has 6 nitrogen and oxygen atoms in total. The van der Waals surface area contributed by atoms with E-state index in [9.17, 15) is 13.2 Å². The summed E-state index contributed by atoms with van der Waals surface area (Å²) in [4.78, 5) is 15.2. The molecule has 4 rings (SSSR count). The fourth-order valence-electron chi connectivity index (χ4n) is 3.13. The number of hydrogen-bond donors (Lipinski definition) is 1. The Morgan fingerprint density at radius 3 is 2.81 bits per heavy atom. The topological polar surface area (TPSA) is 58.3 Å². The number of aromatic nitrogens is 4. The van der Waals surface area contributed by atoms with E-state index in [-0.39, 0.29) is 6.04 Å². The molecule has 1 fully saturated rings. The first-order valence-corrected chi connectivity index (χ1v) is 8.28. The third-order valence-electron chi connectivity index (χ3n) is 4.50. The number of nitrogens with one attached hydrogen (secondary N) is 1. The van der Waals surface area contributed by atoms with Crippen LogP contribution in [0.4, 0.5) is 19.0 Å². The van der Waals surface area contributed by atoms with E-state index in [4.69, 9.17) is 0 Å². The van der Waals surface area contributed by atoms with Crippen molar-refractivity contribution in [3.8, 4) is 11.5 Å². The molecule has 1 atom stereocenters. The second kappa shape index (κ2) is 6.24. The van der Waals surface area contributed by atoms with Gasteiger partial charge in [0, 0.05) is 38.1 Å². The smallest absolute Gasteiger partial charge is 0.351 e. The van der Waals surface area contributed by atoms with Gasteiger partial charge >= 0.3 is 6.18 Å². The molecule has 0 amide bonds. The quantitative estimate of drug-likeness (QED) is 0.759. The van der Waals surface area contributed by atoms with Gasteiger partial charge in [0.05, 0.1) is 11.8 Å². The van der Waals surface area contributed by atoms with Gasteiger partial charge in [-0.25, -0.2) is 15.0 Å². The van der Waals surface area contributed by atoms with E-state index < -0.39 is 11.7 Å². The molecule has 1 aliphatic heterocycles. The summed E-state index contributed by atoms with van der Waals surface area (Å²) in [6, 6.07) is 4.45. The number of nitrogens with zero attached hydrogens (tertiary/aromatic N) is 5. The summed E-state index contributed by atoms with van der Waals surface area (Å²) < 4.78 is 40.5. The molecular formula is C17H17F3N6. The molecule has 1 N–H and O–H groups in total. The minimum absolute atomic E-state index is 0.269.